The van der Waals surface area contributed by atoms with E-state index < -0.39 is 10.0 Å². The molecule has 1 aromatic carbocycles. The average molecular weight is 374 g/mol. The Morgan fingerprint density at radius 3 is 2.77 bits per heavy atom. The van der Waals surface area contributed by atoms with Crippen molar-refractivity contribution in [1.82, 2.24) is 14.5 Å². The van der Waals surface area contributed by atoms with Gasteiger partial charge in [0.2, 0.25) is 5.91 Å². The minimum atomic E-state index is -3.88. The number of aryl methyl sites for hydroxylation is 1. The third kappa shape index (κ3) is 2.93. The van der Waals surface area contributed by atoms with Gasteiger partial charge in [-0.25, -0.2) is 0 Å². The van der Waals surface area contributed by atoms with Gasteiger partial charge in [-0.05, 0) is 37.5 Å². The monoisotopic (exact) mass is 374 g/mol. The smallest absolute Gasteiger partial charge is 0.284 e. The van der Waals surface area contributed by atoms with Crippen molar-refractivity contribution < 1.29 is 13.2 Å². The summed E-state index contributed by atoms with van der Waals surface area (Å²) in [5, 5.41) is 10.3. The summed E-state index contributed by atoms with van der Waals surface area (Å²) in [5.41, 5.74) is 2.28. The van der Waals surface area contributed by atoms with E-state index in [4.69, 9.17) is 0 Å². The molecule has 0 spiro atoms. The maximum atomic E-state index is 13.1. The molecule has 7 nitrogen and oxygen atoms in total. The zero-order valence-electron chi connectivity index (χ0n) is 14.7. The number of carbonyl (C=O) groups excluding carboxylic acids is 1. The van der Waals surface area contributed by atoms with E-state index in [9.17, 15) is 13.2 Å². The van der Waals surface area contributed by atoms with Crippen LogP contribution in [0.25, 0.3) is 0 Å². The number of carbonyl (C=O) groups is 1. The standard InChI is InChI=1S/C18H22N4O3S/c1-12-5-4-8-14(9-12)26(24,25)22-17(15-10-19-11-16(15)21-22)20-18(23)13-6-2-3-7-13/h4-5,8-9,13,19H,2-3,6-7,10-11H2,1H3,(H,20,23). The maximum absolute atomic E-state index is 13.1. The molecule has 0 bridgehead atoms. The number of benzene rings is 1. The number of nitrogens with zero attached hydrogens (tertiary/aromatic N) is 2. The molecule has 1 fully saturated rings. The molecule has 1 aliphatic carbocycles. The fraction of sp³-hybridized carbons (Fsp3) is 0.444. The van der Waals surface area contributed by atoms with Gasteiger partial charge in [0.05, 0.1) is 10.6 Å². The molecule has 4 rings (SSSR count). The van der Waals surface area contributed by atoms with Crippen LogP contribution in [0, 0.1) is 12.8 Å². The topological polar surface area (TPSA) is 93.1 Å². The Morgan fingerprint density at radius 1 is 1.27 bits per heavy atom. The van der Waals surface area contributed by atoms with E-state index in [1.54, 1.807) is 18.2 Å². The molecular formula is C18H22N4O3S. The Kier molecular flexibility index (Phi) is 4.32. The van der Waals surface area contributed by atoms with Crippen LogP contribution in [0.5, 0.6) is 0 Å². The number of aromatic nitrogens is 2. The molecule has 0 atom stereocenters. The molecule has 26 heavy (non-hydrogen) atoms. The number of amides is 1. The first-order valence-electron chi connectivity index (χ1n) is 8.91. The molecule has 2 aromatic rings. The Balaban J connectivity index is 1.75. The van der Waals surface area contributed by atoms with Crippen molar-refractivity contribution in [3.05, 3.63) is 41.1 Å². The van der Waals surface area contributed by atoms with Crippen molar-refractivity contribution in [1.29, 1.82) is 0 Å². The van der Waals surface area contributed by atoms with Crippen molar-refractivity contribution in [2.75, 3.05) is 5.32 Å². The second kappa shape index (κ2) is 6.51. The zero-order valence-corrected chi connectivity index (χ0v) is 15.5. The predicted octanol–water partition coefficient (Wildman–Crippen LogP) is 2.16. The normalized spacial score (nSPS) is 17.4. The zero-order chi connectivity index (χ0) is 18.3. The van der Waals surface area contributed by atoms with Crippen LogP contribution in [-0.4, -0.2) is 23.5 Å². The highest BCUT2D eigenvalue weighted by Crippen LogP contribution is 2.31. The summed E-state index contributed by atoms with van der Waals surface area (Å²) in [6.45, 7) is 2.84. The highest BCUT2D eigenvalue weighted by molar-refractivity contribution is 7.90. The van der Waals surface area contributed by atoms with E-state index in [1.165, 1.54) is 0 Å². The summed E-state index contributed by atoms with van der Waals surface area (Å²) in [7, 11) is -3.88. The van der Waals surface area contributed by atoms with Crippen molar-refractivity contribution in [2.45, 2.75) is 50.6 Å². The number of fused-ring (bicyclic) bond motifs is 1. The van der Waals surface area contributed by atoms with E-state index in [2.05, 4.69) is 15.7 Å². The summed E-state index contributed by atoms with van der Waals surface area (Å²) in [5.74, 6) is 0.117. The van der Waals surface area contributed by atoms with Crippen molar-refractivity contribution in [3.63, 3.8) is 0 Å². The average Bonchev–Trinajstić information content (AvgIpc) is 3.33. The van der Waals surface area contributed by atoms with Gasteiger partial charge in [0.25, 0.3) is 10.0 Å². The fourth-order valence-corrected chi connectivity index (χ4v) is 5.07. The molecule has 2 N–H and O–H groups in total. The van der Waals surface area contributed by atoms with Gasteiger partial charge in [-0.3, -0.25) is 4.79 Å². The molecule has 2 aliphatic rings. The van der Waals surface area contributed by atoms with Crippen LogP contribution in [-0.2, 0) is 27.9 Å². The van der Waals surface area contributed by atoms with Crippen LogP contribution in [0.2, 0.25) is 0 Å². The number of nitrogens with one attached hydrogen (secondary N) is 2. The highest BCUT2D eigenvalue weighted by Gasteiger charge is 2.32. The van der Waals surface area contributed by atoms with Crippen molar-refractivity contribution >= 4 is 21.7 Å². The Morgan fingerprint density at radius 2 is 2.04 bits per heavy atom. The lowest BCUT2D eigenvalue weighted by Gasteiger charge is -2.14. The summed E-state index contributed by atoms with van der Waals surface area (Å²) in [6.07, 6.45) is 3.79. The van der Waals surface area contributed by atoms with E-state index >= 15 is 0 Å². The molecule has 1 aliphatic heterocycles. The van der Waals surface area contributed by atoms with Crippen molar-refractivity contribution in [3.8, 4) is 0 Å². The first-order valence-corrected chi connectivity index (χ1v) is 10.4. The lowest BCUT2D eigenvalue weighted by molar-refractivity contribution is -0.119. The first-order chi connectivity index (χ1) is 12.5. The maximum Gasteiger partial charge on any atom is 0.284 e. The van der Waals surface area contributed by atoms with Crippen LogP contribution < -0.4 is 10.6 Å². The van der Waals surface area contributed by atoms with E-state index in [0.29, 0.717) is 18.8 Å². The highest BCUT2D eigenvalue weighted by atomic mass is 32.2. The van der Waals surface area contributed by atoms with Crippen molar-refractivity contribution in [2.24, 2.45) is 5.92 Å². The molecule has 0 unspecified atom stereocenters. The van der Waals surface area contributed by atoms with Crippen LogP contribution in [0.4, 0.5) is 5.82 Å². The number of hydrogen-bond acceptors (Lipinski definition) is 5. The summed E-state index contributed by atoms with van der Waals surface area (Å²) >= 11 is 0. The van der Waals surface area contributed by atoms with Crippen LogP contribution >= 0.6 is 0 Å². The van der Waals surface area contributed by atoms with Crippen LogP contribution in [0.3, 0.4) is 0 Å². The van der Waals surface area contributed by atoms with Crippen LogP contribution in [0.15, 0.2) is 29.2 Å². The van der Waals surface area contributed by atoms with Gasteiger partial charge in [-0.1, -0.05) is 25.0 Å². The Hall–Kier alpha value is -2.19. The molecule has 8 heteroatoms. The molecule has 138 valence electrons. The Bertz CT molecular complexity index is 959. The van der Waals surface area contributed by atoms with Gasteiger partial charge in [0, 0.05) is 24.6 Å². The largest absolute Gasteiger partial charge is 0.309 e. The summed E-state index contributed by atoms with van der Waals surface area (Å²) in [4.78, 5) is 12.8. The quantitative estimate of drug-likeness (QED) is 0.855. The lowest BCUT2D eigenvalue weighted by Crippen LogP contribution is -2.26. The molecule has 1 saturated carbocycles. The third-order valence-corrected chi connectivity index (χ3v) is 6.68. The van der Waals surface area contributed by atoms with Gasteiger partial charge in [-0.15, -0.1) is 4.09 Å². The summed E-state index contributed by atoms with van der Waals surface area (Å²) in [6, 6.07) is 6.71. The molecule has 1 amide bonds. The molecule has 2 heterocycles. The van der Waals surface area contributed by atoms with Gasteiger partial charge in [-0.2, -0.15) is 13.5 Å². The number of anilines is 1. The fourth-order valence-electron chi connectivity index (χ4n) is 3.69. The minimum absolute atomic E-state index is 0.0509. The molecule has 0 radical (unpaired) electrons. The number of rotatable bonds is 4. The number of hydrogen-bond donors (Lipinski definition) is 2. The van der Waals surface area contributed by atoms with Crippen LogP contribution in [0.1, 0.15) is 42.5 Å². The SMILES string of the molecule is Cc1cccc(S(=O)(=O)n2nc3c(c2NC(=O)C2CCCC2)CNC3)c1. The van der Waals surface area contributed by atoms with Gasteiger partial charge in [0.1, 0.15) is 0 Å². The second-order valence-electron chi connectivity index (χ2n) is 7.01. The first kappa shape index (κ1) is 17.2. The minimum Gasteiger partial charge on any atom is -0.309 e. The van der Waals surface area contributed by atoms with Gasteiger partial charge < -0.3 is 10.6 Å². The van der Waals surface area contributed by atoms with Gasteiger partial charge >= 0.3 is 0 Å². The van der Waals surface area contributed by atoms with E-state index in [-0.39, 0.29) is 22.5 Å². The van der Waals surface area contributed by atoms with Gasteiger partial charge in [0.15, 0.2) is 5.82 Å². The predicted molar refractivity (Wildman–Crippen MR) is 97.1 cm³/mol. The third-order valence-electron chi connectivity index (χ3n) is 5.11. The molecule has 0 saturated heterocycles. The molecular weight excluding hydrogens is 352 g/mol. The molecule has 1 aromatic heterocycles. The Labute approximate surface area is 152 Å². The lowest BCUT2D eigenvalue weighted by atomic mass is 10.1. The second-order valence-corrected chi connectivity index (χ2v) is 8.78. The summed E-state index contributed by atoms with van der Waals surface area (Å²) < 4.78 is 27.3. The van der Waals surface area contributed by atoms with E-state index in [0.717, 1.165) is 40.9 Å². The van der Waals surface area contributed by atoms with E-state index in [1.807, 2.05) is 13.0 Å².